The van der Waals surface area contributed by atoms with Crippen molar-refractivity contribution in [1.82, 2.24) is 9.88 Å². The first-order chi connectivity index (χ1) is 17.4. The van der Waals surface area contributed by atoms with Gasteiger partial charge in [-0.25, -0.2) is 13.4 Å². The number of thiazole rings is 1. The number of thiophene rings is 1. The molecule has 0 aliphatic carbocycles. The van der Waals surface area contributed by atoms with Gasteiger partial charge in [0.05, 0.1) is 22.2 Å². The van der Waals surface area contributed by atoms with Crippen LogP contribution in [-0.4, -0.2) is 50.2 Å². The van der Waals surface area contributed by atoms with Crippen LogP contribution in [0.5, 0.6) is 5.75 Å². The molecule has 0 unspecified atom stereocenters. The van der Waals surface area contributed by atoms with Gasteiger partial charge in [0, 0.05) is 23.5 Å². The Balaban J connectivity index is 1.46. The predicted molar refractivity (Wildman–Crippen MR) is 146 cm³/mol. The van der Waals surface area contributed by atoms with Gasteiger partial charge in [0.15, 0.2) is 9.84 Å². The van der Waals surface area contributed by atoms with Crippen LogP contribution in [-0.2, 0) is 27.6 Å². The molecule has 188 valence electrons. The molecule has 0 atom stereocenters. The fourth-order valence-electron chi connectivity index (χ4n) is 4.46. The van der Waals surface area contributed by atoms with Gasteiger partial charge in [-0.2, -0.15) is 0 Å². The summed E-state index contributed by atoms with van der Waals surface area (Å²) in [4.78, 5) is 21.6. The summed E-state index contributed by atoms with van der Waals surface area (Å²) in [6.07, 6.45) is 1.95. The van der Waals surface area contributed by atoms with Gasteiger partial charge < -0.3 is 10.1 Å². The second kappa shape index (κ2) is 10.3. The van der Waals surface area contributed by atoms with Crippen LogP contribution in [0.15, 0.2) is 53.4 Å². The summed E-state index contributed by atoms with van der Waals surface area (Å²) in [5.74, 6) is -0.638. The number of anilines is 1. The minimum atomic E-state index is -3.81. The molecular weight excluding hydrogens is 515 g/mol. The summed E-state index contributed by atoms with van der Waals surface area (Å²) in [5, 5.41) is 4.46. The van der Waals surface area contributed by atoms with Crippen LogP contribution in [0.1, 0.15) is 23.8 Å². The smallest absolute Gasteiger partial charge is 0.240 e. The highest BCUT2D eigenvalue weighted by Crippen LogP contribution is 2.45. The quantitative estimate of drug-likeness (QED) is 0.329. The molecule has 0 bridgehead atoms. The fourth-order valence-corrected chi connectivity index (χ4v) is 8.01. The van der Waals surface area contributed by atoms with E-state index in [9.17, 15) is 13.2 Å². The van der Waals surface area contributed by atoms with Gasteiger partial charge in [0.1, 0.15) is 21.5 Å². The molecule has 10 heteroatoms. The summed E-state index contributed by atoms with van der Waals surface area (Å²) < 4.78 is 32.0. The maximum absolute atomic E-state index is 13.0. The number of hydrogen-bond donors (Lipinski definition) is 1. The number of carbonyl (C=O) groups excluding carboxylic acids is 1. The first kappa shape index (κ1) is 24.9. The average Bonchev–Trinajstić information content (AvgIpc) is 3.44. The minimum absolute atomic E-state index is 0.0885. The zero-order chi connectivity index (χ0) is 25.3. The molecule has 3 heterocycles. The van der Waals surface area contributed by atoms with E-state index < -0.39 is 21.5 Å². The third-order valence-electron chi connectivity index (χ3n) is 6.18. The third-order valence-corrected chi connectivity index (χ3v) is 9.99. The molecule has 0 saturated heterocycles. The van der Waals surface area contributed by atoms with Gasteiger partial charge in [0.25, 0.3) is 0 Å². The van der Waals surface area contributed by atoms with Crippen molar-refractivity contribution in [3.8, 4) is 16.3 Å². The Morgan fingerprint density at radius 1 is 1.14 bits per heavy atom. The molecule has 0 spiro atoms. The number of hydrogen-bond acceptors (Lipinski definition) is 8. The van der Waals surface area contributed by atoms with Crippen molar-refractivity contribution in [2.24, 2.45) is 0 Å². The number of methoxy groups -OCH3 is 1. The normalized spacial score (nSPS) is 14.1. The standard InChI is InChI=1S/C26H27N3O4S3/c1-3-13-29-14-12-19-22(15-29)35-26(24(19)25-27-20-6-4-5-7-21(20)34-25)28-23(30)16-36(31,32)18-10-8-17(33-2)9-11-18/h4-11H,3,12-16H2,1-2H3,(H,28,30). The first-order valence-corrected chi connectivity index (χ1v) is 15.1. The molecule has 2 aromatic carbocycles. The van der Waals surface area contributed by atoms with E-state index in [0.29, 0.717) is 10.8 Å². The topological polar surface area (TPSA) is 88.6 Å². The SMILES string of the molecule is CCCN1CCc2c(sc(NC(=O)CS(=O)(=O)c3ccc(OC)cc3)c2-c2nc3ccccc3s2)C1. The maximum Gasteiger partial charge on any atom is 0.240 e. The molecule has 2 aromatic heterocycles. The number of benzene rings is 2. The van der Waals surface area contributed by atoms with Gasteiger partial charge >= 0.3 is 0 Å². The van der Waals surface area contributed by atoms with E-state index in [2.05, 4.69) is 17.1 Å². The Hall–Kier alpha value is -2.79. The molecule has 1 aliphatic heterocycles. The number of rotatable bonds is 8. The second-order valence-corrected chi connectivity index (χ2v) is 12.8. The number of para-hydroxylation sites is 1. The monoisotopic (exact) mass is 541 g/mol. The maximum atomic E-state index is 13.0. The van der Waals surface area contributed by atoms with Gasteiger partial charge in [-0.1, -0.05) is 19.1 Å². The van der Waals surface area contributed by atoms with Crippen molar-refractivity contribution in [2.75, 3.05) is 31.3 Å². The summed E-state index contributed by atoms with van der Waals surface area (Å²) in [7, 11) is -2.29. The molecule has 1 aliphatic rings. The lowest BCUT2D eigenvalue weighted by Crippen LogP contribution is -2.30. The Bertz CT molecular complexity index is 1470. The van der Waals surface area contributed by atoms with Crippen LogP contribution in [0.25, 0.3) is 20.8 Å². The van der Waals surface area contributed by atoms with Crippen molar-refractivity contribution in [3.05, 3.63) is 59.0 Å². The zero-order valence-electron chi connectivity index (χ0n) is 20.1. The van der Waals surface area contributed by atoms with E-state index in [0.717, 1.165) is 53.3 Å². The number of fused-ring (bicyclic) bond motifs is 2. The van der Waals surface area contributed by atoms with Crippen LogP contribution in [0.2, 0.25) is 0 Å². The molecule has 0 radical (unpaired) electrons. The Kier molecular flexibility index (Phi) is 7.11. The number of amides is 1. The van der Waals surface area contributed by atoms with Crippen LogP contribution >= 0.6 is 22.7 Å². The zero-order valence-corrected chi connectivity index (χ0v) is 22.6. The van der Waals surface area contributed by atoms with Crippen molar-refractivity contribution >= 4 is 53.6 Å². The van der Waals surface area contributed by atoms with E-state index in [1.807, 2.05) is 24.3 Å². The van der Waals surface area contributed by atoms with Crippen LogP contribution < -0.4 is 10.1 Å². The molecule has 0 fully saturated rings. The number of ether oxygens (including phenoxy) is 1. The van der Waals surface area contributed by atoms with Crippen LogP contribution in [0, 0.1) is 0 Å². The van der Waals surface area contributed by atoms with E-state index in [-0.39, 0.29) is 4.90 Å². The predicted octanol–water partition coefficient (Wildman–Crippen LogP) is 5.21. The molecule has 4 aromatic rings. The van der Waals surface area contributed by atoms with Crippen LogP contribution in [0.4, 0.5) is 5.00 Å². The number of sulfone groups is 1. The number of carbonyl (C=O) groups is 1. The number of nitrogens with zero attached hydrogens (tertiary/aromatic N) is 2. The second-order valence-electron chi connectivity index (χ2n) is 8.70. The molecule has 0 saturated carbocycles. The highest BCUT2D eigenvalue weighted by molar-refractivity contribution is 7.92. The average molecular weight is 542 g/mol. The molecule has 36 heavy (non-hydrogen) atoms. The first-order valence-electron chi connectivity index (χ1n) is 11.8. The van der Waals surface area contributed by atoms with E-state index in [4.69, 9.17) is 9.72 Å². The van der Waals surface area contributed by atoms with E-state index >= 15 is 0 Å². The van der Waals surface area contributed by atoms with Gasteiger partial charge in [-0.05, 0) is 61.3 Å². The van der Waals surface area contributed by atoms with Gasteiger partial charge in [-0.15, -0.1) is 22.7 Å². The lowest BCUT2D eigenvalue weighted by atomic mass is 10.0. The summed E-state index contributed by atoms with van der Waals surface area (Å²) in [6.45, 7) is 4.97. The fraction of sp³-hybridized carbons (Fsp3) is 0.308. The van der Waals surface area contributed by atoms with Gasteiger partial charge in [0.2, 0.25) is 5.91 Å². The lowest BCUT2D eigenvalue weighted by molar-refractivity contribution is -0.113. The minimum Gasteiger partial charge on any atom is -0.497 e. The number of nitrogens with one attached hydrogen (secondary N) is 1. The Morgan fingerprint density at radius 2 is 1.92 bits per heavy atom. The summed E-state index contributed by atoms with van der Waals surface area (Å²) in [5.41, 5.74) is 3.06. The third kappa shape index (κ3) is 5.04. The van der Waals surface area contributed by atoms with Gasteiger partial charge in [-0.3, -0.25) is 9.69 Å². The summed E-state index contributed by atoms with van der Waals surface area (Å²) in [6, 6.07) is 14.0. The van der Waals surface area contributed by atoms with Crippen molar-refractivity contribution in [3.63, 3.8) is 0 Å². The van der Waals surface area contributed by atoms with Crippen molar-refractivity contribution in [2.45, 2.75) is 31.2 Å². The van der Waals surface area contributed by atoms with E-state index in [1.54, 1.807) is 23.5 Å². The van der Waals surface area contributed by atoms with Crippen molar-refractivity contribution < 1.29 is 17.9 Å². The number of aromatic nitrogens is 1. The molecule has 1 N–H and O–H groups in total. The summed E-state index contributed by atoms with van der Waals surface area (Å²) >= 11 is 3.13. The van der Waals surface area contributed by atoms with Crippen molar-refractivity contribution in [1.29, 1.82) is 0 Å². The van der Waals surface area contributed by atoms with Crippen LogP contribution in [0.3, 0.4) is 0 Å². The Labute approximate surface area is 218 Å². The highest BCUT2D eigenvalue weighted by Gasteiger charge is 2.28. The largest absolute Gasteiger partial charge is 0.497 e. The van der Waals surface area contributed by atoms with E-state index in [1.165, 1.54) is 41.0 Å². The molecular formula is C26H27N3O4S3. The molecule has 5 rings (SSSR count). The lowest BCUT2D eigenvalue weighted by Gasteiger charge is -2.26. The Morgan fingerprint density at radius 3 is 2.64 bits per heavy atom. The molecule has 7 nitrogen and oxygen atoms in total. The molecule has 1 amide bonds. The highest BCUT2D eigenvalue weighted by atomic mass is 32.2.